The normalized spacial score (nSPS) is 18.9. The maximum Gasteiger partial charge on any atom is 0.0548 e. The van der Waals surface area contributed by atoms with E-state index in [9.17, 15) is 0 Å². The molecule has 0 saturated heterocycles. The van der Waals surface area contributed by atoms with Crippen LogP contribution in [0.4, 0.5) is 0 Å². The summed E-state index contributed by atoms with van der Waals surface area (Å²) in [4.78, 5) is 0. The molecule has 1 aliphatic rings. The van der Waals surface area contributed by atoms with Crippen LogP contribution in [0.3, 0.4) is 0 Å². The van der Waals surface area contributed by atoms with Crippen molar-refractivity contribution in [3.05, 3.63) is 33.3 Å². The van der Waals surface area contributed by atoms with Gasteiger partial charge in [0.1, 0.15) is 0 Å². The highest BCUT2D eigenvalue weighted by Gasteiger charge is 2.27. The minimum absolute atomic E-state index is 0.339. The summed E-state index contributed by atoms with van der Waals surface area (Å²) in [5.41, 5.74) is 1.62. The Balaban J connectivity index is 1.96. The van der Waals surface area contributed by atoms with Crippen molar-refractivity contribution < 1.29 is 0 Å². The van der Waals surface area contributed by atoms with Gasteiger partial charge in [-0.25, -0.2) is 0 Å². The number of hydrogen-bond donors (Lipinski definition) is 1. The van der Waals surface area contributed by atoms with Gasteiger partial charge in [0.15, 0.2) is 0 Å². The van der Waals surface area contributed by atoms with Crippen LogP contribution >= 0.6 is 27.5 Å². The SMILES string of the molecule is CC1(NCc2ccc(Cl)c(Br)c2)CCCC1. The maximum absolute atomic E-state index is 5.97. The Morgan fingerprint density at radius 2 is 2.06 bits per heavy atom. The quantitative estimate of drug-likeness (QED) is 0.865. The minimum Gasteiger partial charge on any atom is -0.307 e. The average Bonchev–Trinajstić information content (AvgIpc) is 2.68. The molecule has 88 valence electrons. The van der Waals surface area contributed by atoms with Crippen LogP contribution in [-0.2, 0) is 6.54 Å². The van der Waals surface area contributed by atoms with Crippen LogP contribution in [0.15, 0.2) is 22.7 Å². The predicted octanol–water partition coefficient (Wildman–Crippen LogP) is 4.52. The molecule has 2 rings (SSSR count). The molecule has 1 aliphatic carbocycles. The van der Waals surface area contributed by atoms with Crippen molar-refractivity contribution in [2.24, 2.45) is 0 Å². The van der Waals surface area contributed by atoms with Gasteiger partial charge < -0.3 is 5.32 Å². The van der Waals surface area contributed by atoms with Crippen molar-refractivity contribution in [2.75, 3.05) is 0 Å². The molecule has 0 unspecified atom stereocenters. The largest absolute Gasteiger partial charge is 0.307 e. The molecule has 1 aromatic carbocycles. The van der Waals surface area contributed by atoms with E-state index in [-0.39, 0.29) is 0 Å². The summed E-state index contributed by atoms with van der Waals surface area (Å²) in [6, 6.07) is 6.12. The fourth-order valence-electron chi connectivity index (χ4n) is 2.30. The first kappa shape index (κ1) is 12.4. The smallest absolute Gasteiger partial charge is 0.0548 e. The topological polar surface area (TPSA) is 12.0 Å². The van der Waals surface area contributed by atoms with Crippen molar-refractivity contribution >= 4 is 27.5 Å². The van der Waals surface area contributed by atoms with Crippen molar-refractivity contribution in [3.63, 3.8) is 0 Å². The number of benzene rings is 1. The van der Waals surface area contributed by atoms with Gasteiger partial charge in [0.2, 0.25) is 0 Å². The Morgan fingerprint density at radius 1 is 1.38 bits per heavy atom. The summed E-state index contributed by atoms with van der Waals surface area (Å²) in [5, 5.41) is 4.43. The van der Waals surface area contributed by atoms with Gasteiger partial charge in [-0.3, -0.25) is 0 Å². The highest BCUT2D eigenvalue weighted by atomic mass is 79.9. The average molecular weight is 303 g/mol. The van der Waals surface area contributed by atoms with Gasteiger partial charge in [0, 0.05) is 16.6 Å². The molecule has 0 atom stereocenters. The van der Waals surface area contributed by atoms with E-state index < -0.39 is 0 Å². The Bertz CT molecular complexity index is 372. The first-order valence-corrected chi connectivity index (χ1v) is 6.95. The molecule has 3 heteroatoms. The molecule has 1 aromatic rings. The summed E-state index contributed by atoms with van der Waals surface area (Å²) in [7, 11) is 0. The van der Waals surface area contributed by atoms with Crippen molar-refractivity contribution in [1.29, 1.82) is 0 Å². The molecular formula is C13H17BrClN. The van der Waals surface area contributed by atoms with Crippen LogP contribution in [0.1, 0.15) is 38.2 Å². The van der Waals surface area contributed by atoms with E-state index in [2.05, 4.69) is 40.3 Å². The summed E-state index contributed by atoms with van der Waals surface area (Å²) < 4.78 is 0.977. The lowest BCUT2D eigenvalue weighted by molar-refractivity contribution is 0.363. The van der Waals surface area contributed by atoms with Crippen LogP contribution in [0.2, 0.25) is 5.02 Å². The molecule has 0 heterocycles. The van der Waals surface area contributed by atoms with Gasteiger partial charge in [0.05, 0.1) is 5.02 Å². The zero-order valence-corrected chi connectivity index (χ0v) is 11.9. The van der Waals surface area contributed by atoms with E-state index in [4.69, 9.17) is 11.6 Å². The van der Waals surface area contributed by atoms with E-state index in [1.807, 2.05) is 6.07 Å². The fourth-order valence-corrected chi connectivity index (χ4v) is 2.84. The van der Waals surface area contributed by atoms with E-state index in [0.29, 0.717) is 5.54 Å². The first-order chi connectivity index (χ1) is 7.59. The van der Waals surface area contributed by atoms with Gasteiger partial charge >= 0.3 is 0 Å². The molecule has 0 bridgehead atoms. The van der Waals surface area contributed by atoms with E-state index in [1.165, 1.54) is 31.2 Å². The van der Waals surface area contributed by atoms with Crippen LogP contribution in [0.25, 0.3) is 0 Å². The molecule has 1 N–H and O–H groups in total. The summed E-state index contributed by atoms with van der Waals surface area (Å²) in [6.45, 7) is 3.25. The highest BCUT2D eigenvalue weighted by molar-refractivity contribution is 9.10. The lowest BCUT2D eigenvalue weighted by atomic mass is 10.0. The third-order valence-corrected chi connectivity index (χ3v) is 4.62. The summed E-state index contributed by atoms with van der Waals surface area (Å²) >= 11 is 9.42. The minimum atomic E-state index is 0.339. The number of rotatable bonds is 3. The Hall–Kier alpha value is -0.0500. The van der Waals surface area contributed by atoms with Gasteiger partial charge in [-0.05, 0) is 53.4 Å². The van der Waals surface area contributed by atoms with Crippen LogP contribution in [0.5, 0.6) is 0 Å². The molecular weight excluding hydrogens is 286 g/mol. The molecule has 0 aliphatic heterocycles. The van der Waals surface area contributed by atoms with Crippen molar-refractivity contribution in [2.45, 2.75) is 44.7 Å². The van der Waals surface area contributed by atoms with Crippen molar-refractivity contribution in [1.82, 2.24) is 5.32 Å². The van der Waals surface area contributed by atoms with E-state index in [0.717, 1.165) is 16.0 Å². The van der Waals surface area contributed by atoms with Crippen molar-refractivity contribution in [3.8, 4) is 0 Å². The molecule has 1 fully saturated rings. The maximum atomic E-state index is 5.97. The highest BCUT2D eigenvalue weighted by Crippen LogP contribution is 2.29. The lowest BCUT2D eigenvalue weighted by Gasteiger charge is -2.25. The summed E-state index contributed by atoms with van der Waals surface area (Å²) in [6.07, 6.45) is 5.30. The number of nitrogens with one attached hydrogen (secondary N) is 1. The number of hydrogen-bond acceptors (Lipinski definition) is 1. The molecule has 0 amide bonds. The van der Waals surface area contributed by atoms with Gasteiger partial charge in [-0.2, -0.15) is 0 Å². The second-order valence-corrected chi connectivity index (χ2v) is 6.13. The molecule has 0 radical (unpaired) electrons. The van der Waals surface area contributed by atoms with E-state index >= 15 is 0 Å². The molecule has 0 spiro atoms. The second kappa shape index (κ2) is 5.07. The Kier molecular flexibility index (Phi) is 3.93. The first-order valence-electron chi connectivity index (χ1n) is 5.78. The van der Waals surface area contributed by atoms with E-state index in [1.54, 1.807) is 0 Å². The third kappa shape index (κ3) is 2.99. The van der Waals surface area contributed by atoms with Crippen LogP contribution in [0, 0.1) is 0 Å². The Labute approximate surface area is 111 Å². The standard InChI is InChI=1S/C13H17BrClN/c1-13(6-2-3-7-13)16-9-10-4-5-12(15)11(14)8-10/h4-5,8,16H,2-3,6-7,9H2,1H3. The van der Waals surface area contributed by atoms with Gasteiger partial charge in [-0.1, -0.05) is 30.5 Å². The zero-order valence-electron chi connectivity index (χ0n) is 9.52. The van der Waals surface area contributed by atoms with Crippen LogP contribution < -0.4 is 5.32 Å². The third-order valence-electron chi connectivity index (χ3n) is 3.41. The lowest BCUT2D eigenvalue weighted by Crippen LogP contribution is -2.38. The predicted molar refractivity (Wildman–Crippen MR) is 72.9 cm³/mol. The second-order valence-electron chi connectivity index (χ2n) is 4.87. The monoisotopic (exact) mass is 301 g/mol. The van der Waals surface area contributed by atoms with Gasteiger partial charge in [0.25, 0.3) is 0 Å². The molecule has 1 saturated carbocycles. The number of halogens is 2. The van der Waals surface area contributed by atoms with Crippen LogP contribution in [-0.4, -0.2) is 5.54 Å². The Morgan fingerprint density at radius 3 is 2.69 bits per heavy atom. The van der Waals surface area contributed by atoms with Gasteiger partial charge in [-0.15, -0.1) is 0 Å². The summed E-state index contributed by atoms with van der Waals surface area (Å²) in [5.74, 6) is 0. The molecule has 0 aromatic heterocycles. The fraction of sp³-hybridized carbons (Fsp3) is 0.538. The molecule has 16 heavy (non-hydrogen) atoms. The zero-order chi connectivity index (χ0) is 11.6. The molecule has 1 nitrogen and oxygen atoms in total.